The van der Waals surface area contributed by atoms with Crippen molar-refractivity contribution in [2.24, 2.45) is 0 Å². The lowest BCUT2D eigenvalue weighted by atomic mass is 9.96. The monoisotopic (exact) mass is 395 g/mol. The second kappa shape index (κ2) is 7.30. The van der Waals surface area contributed by atoms with Crippen LogP contribution in [0.15, 0.2) is 121 Å². The molecular weight excluding hydrogens is 374 g/mol. The first-order chi connectivity index (χ1) is 15.3. The summed E-state index contributed by atoms with van der Waals surface area (Å²) in [5.41, 5.74) is 4.64. The maximum absolute atomic E-state index is 3.59. The quantitative estimate of drug-likeness (QED) is 0.296. The molecule has 0 aliphatic heterocycles. The number of hydrogen-bond acceptors (Lipinski definition) is 1. The highest BCUT2D eigenvalue weighted by Gasteiger charge is 2.07. The SMILES string of the molecule is c1ccc(-c2ccc(Nc3ccc4ccc5ccc6ccccc6c5c4c3)cc2)cc1. The van der Waals surface area contributed by atoms with E-state index in [1.807, 2.05) is 6.07 Å². The maximum atomic E-state index is 3.59. The van der Waals surface area contributed by atoms with E-state index in [1.54, 1.807) is 0 Å². The second-order valence-electron chi connectivity index (χ2n) is 7.95. The molecule has 1 nitrogen and oxygen atoms in total. The number of nitrogens with one attached hydrogen (secondary N) is 1. The average Bonchev–Trinajstić information content (AvgIpc) is 2.84. The predicted molar refractivity (Wildman–Crippen MR) is 134 cm³/mol. The van der Waals surface area contributed by atoms with E-state index >= 15 is 0 Å². The Bertz CT molecular complexity index is 1530. The van der Waals surface area contributed by atoms with Crippen molar-refractivity contribution in [2.45, 2.75) is 0 Å². The van der Waals surface area contributed by atoms with Gasteiger partial charge in [-0.25, -0.2) is 0 Å². The number of fused-ring (bicyclic) bond motifs is 5. The first kappa shape index (κ1) is 17.7. The summed E-state index contributed by atoms with van der Waals surface area (Å²) in [6.45, 7) is 0. The van der Waals surface area contributed by atoms with Crippen molar-refractivity contribution in [1.29, 1.82) is 0 Å². The smallest absolute Gasteiger partial charge is 0.0390 e. The van der Waals surface area contributed by atoms with Crippen LogP contribution in [0.5, 0.6) is 0 Å². The molecule has 0 fully saturated rings. The van der Waals surface area contributed by atoms with Crippen molar-refractivity contribution >= 4 is 43.7 Å². The summed E-state index contributed by atoms with van der Waals surface area (Å²) in [6.07, 6.45) is 0. The van der Waals surface area contributed by atoms with Gasteiger partial charge in [-0.3, -0.25) is 0 Å². The van der Waals surface area contributed by atoms with Gasteiger partial charge < -0.3 is 5.32 Å². The highest BCUT2D eigenvalue weighted by molar-refractivity contribution is 6.20. The third-order valence-corrected chi connectivity index (χ3v) is 6.01. The fourth-order valence-electron chi connectivity index (χ4n) is 4.45. The summed E-state index contributed by atoms with van der Waals surface area (Å²) in [5.74, 6) is 0. The van der Waals surface area contributed by atoms with Crippen molar-refractivity contribution < 1.29 is 0 Å². The summed E-state index contributed by atoms with van der Waals surface area (Å²) in [6, 6.07) is 43.2. The van der Waals surface area contributed by atoms with Crippen LogP contribution in [0.3, 0.4) is 0 Å². The van der Waals surface area contributed by atoms with Gasteiger partial charge in [-0.2, -0.15) is 0 Å². The molecule has 6 rings (SSSR count). The van der Waals surface area contributed by atoms with Gasteiger partial charge >= 0.3 is 0 Å². The van der Waals surface area contributed by atoms with Gasteiger partial charge in [0, 0.05) is 11.4 Å². The normalized spacial score (nSPS) is 11.2. The van der Waals surface area contributed by atoms with E-state index in [-0.39, 0.29) is 0 Å². The van der Waals surface area contributed by atoms with Crippen LogP contribution in [0.4, 0.5) is 11.4 Å². The molecule has 0 saturated carbocycles. The molecule has 6 aromatic carbocycles. The summed E-state index contributed by atoms with van der Waals surface area (Å²) in [5, 5.41) is 11.3. The van der Waals surface area contributed by atoms with E-state index in [4.69, 9.17) is 0 Å². The highest BCUT2D eigenvalue weighted by Crippen LogP contribution is 2.34. The van der Waals surface area contributed by atoms with Crippen LogP contribution >= 0.6 is 0 Å². The molecule has 0 spiro atoms. The Labute approximate surface area is 181 Å². The van der Waals surface area contributed by atoms with E-state index < -0.39 is 0 Å². The molecule has 1 heteroatoms. The zero-order valence-corrected chi connectivity index (χ0v) is 17.0. The van der Waals surface area contributed by atoms with Crippen molar-refractivity contribution in [1.82, 2.24) is 0 Å². The van der Waals surface area contributed by atoms with E-state index in [1.165, 1.54) is 43.4 Å². The van der Waals surface area contributed by atoms with Gasteiger partial charge in [-0.1, -0.05) is 97.1 Å². The standard InChI is InChI=1S/C30H21N/c1-2-6-21(7-3-1)22-14-17-26(18-15-22)31-27-19-16-24-11-13-25-12-10-23-8-4-5-9-28(23)30(25)29(24)20-27/h1-20,31H. The first-order valence-electron chi connectivity index (χ1n) is 10.6. The van der Waals surface area contributed by atoms with E-state index in [2.05, 4.69) is 121 Å². The molecule has 0 aliphatic rings. The Morgan fingerprint density at radius 3 is 1.77 bits per heavy atom. The van der Waals surface area contributed by atoms with Crippen molar-refractivity contribution in [3.8, 4) is 11.1 Å². The zero-order chi connectivity index (χ0) is 20.6. The third-order valence-electron chi connectivity index (χ3n) is 6.01. The summed E-state index contributed by atoms with van der Waals surface area (Å²) in [7, 11) is 0. The first-order valence-corrected chi connectivity index (χ1v) is 10.6. The zero-order valence-electron chi connectivity index (χ0n) is 17.0. The number of hydrogen-bond donors (Lipinski definition) is 1. The van der Waals surface area contributed by atoms with E-state index in [9.17, 15) is 0 Å². The summed E-state index contributed by atoms with van der Waals surface area (Å²) in [4.78, 5) is 0. The molecule has 0 aliphatic carbocycles. The van der Waals surface area contributed by atoms with Crippen LogP contribution in [-0.4, -0.2) is 0 Å². The summed E-state index contributed by atoms with van der Waals surface area (Å²) < 4.78 is 0. The topological polar surface area (TPSA) is 12.0 Å². The molecule has 0 radical (unpaired) electrons. The molecule has 0 bridgehead atoms. The van der Waals surface area contributed by atoms with Crippen LogP contribution in [0, 0.1) is 0 Å². The Balaban J connectivity index is 1.42. The lowest BCUT2D eigenvalue weighted by molar-refractivity contribution is 1.55. The molecule has 1 N–H and O–H groups in total. The van der Waals surface area contributed by atoms with Crippen LogP contribution in [0.1, 0.15) is 0 Å². The molecule has 146 valence electrons. The predicted octanol–water partition coefficient (Wildman–Crippen LogP) is 8.56. The van der Waals surface area contributed by atoms with E-state index in [0.717, 1.165) is 11.4 Å². The lowest BCUT2D eigenvalue weighted by Gasteiger charge is -2.12. The molecule has 31 heavy (non-hydrogen) atoms. The number of anilines is 2. The Hall–Kier alpha value is -4.10. The highest BCUT2D eigenvalue weighted by atomic mass is 14.9. The van der Waals surface area contributed by atoms with Gasteiger partial charge in [0.25, 0.3) is 0 Å². The van der Waals surface area contributed by atoms with Gasteiger partial charge in [0.05, 0.1) is 0 Å². The van der Waals surface area contributed by atoms with Crippen LogP contribution in [-0.2, 0) is 0 Å². The lowest BCUT2D eigenvalue weighted by Crippen LogP contribution is -1.91. The second-order valence-corrected chi connectivity index (χ2v) is 7.95. The molecule has 0 aromatic heterocycles. The van der Waals surface area contributed by atoms with Gasteiger partial charge in [0.1, 0.15) is 0 Å². The summed E-state index contributed by atoms with van der Waals surface area (Å²) >= 11 is 0. The molecule has 0 heterocycles. The maximum Gasteiger partial charge on any atom is 0.0390 e. The van der Waals surface area contributed by atoms with Gasteiger partial charge in [-0.15, -0.1) is 0 Å². The number of rotatable bonds is 3. The Kier molecular flexibility index (Phi) is 4.18. The van der Waals surface area contributed by atoms with Crippen LogP contribution in [0.2, 0.25) is 0 Å². The fraction of sp³-hybridized carbons (Fsp3) is 0. The minimum Gasteiger partial charge on any atom is -0.356 e. The van der Waals surface area contributed by atoms with Crippen molar-refractivity contribution in [3.63, 3.8) is 0 Å². The van der Waals surface area contributed by atoms with Gasteiger partial charge in [0.15, 0.2) is 0 Å². The van der Waals surface area contributed by atoms with Gasteiger partial charge in [0.2, 0.25) is 0 Å². The molecule has 0 saturated heterocycles. The van der Waals surface area contributed by atoms with Crippen molar-refractivity contribution in [3.05, 3.63) is 121 Å². The van der Waals surface area contributed by atoms with E-state index in [0.29, 0.717) is 0 Å². The molecule has 0 atom stereocenters. The molecule has 6 aromatic rings. The average molecular weight is 396 g/mol. The minimum absolute atomic E-state index is 1.09. The Morgan fingerprint density at radius 2 is 0.968 bits per heavy atom. The minimum atomic E-state index is 1.09. The van der Waals surface area contributed by atoms with Gasteiger partial charge in [-0.05, 0) is 67.7 Å². The molecule has 0 amide bonds. The van der Waals surface area contributed by atoms with Crippen LogP contribution < -0.4 is 5.32 Å². The fourth-order valence-corrected chi connectivity index (χ4v) is 4.45. The Morgan fingerprint density at radius 1 is 0.387 bits per heavy atom. The van der Waals surface area contributed by atoms with Crippen LogP contribution in [0.25, 0.3) is 43.4 Å². The number of benzene rings is 6. The van der Waals surface area contributed by atoms with Crippen molar-refractivity contribution in [2.75, 3.05) is 5.32 Å². The largest absolute Gasteiger partial charge is 0.356 e. The third kappa shape index (κ3) is 3.21. The molecular formula is C30H21N. The molecule has 0 unspecified atom stereocenters.